The third kappa shape index (κ3) is 3.35. The van der Waals surface area contributed by atoms with Gasteiger partial charge in [-0.25, -0.2) is 4.39 Å². The quantitative estimate of drug-likeness (QED) is 0.484. The Morgan fingerprint density at radius 3 is 2.36 bits per heavy atom. The molecule has 0 bridgehead atoms. The predicted octanol–water partition coefficient (Wildman–Crippen LogP) is -1.08. The van der Waals surface area contributed by atoms with E-state index >= 15 is 0 Å². The van der Waals surface area contributed by atoms with Crippen LogP contribution in [0.5, 0.6) is 0 Å². The molecule has 1 aromatic carbocycles. The largest absolute Gasteiger partial charge is 0.395 e. The number of likely N-dealkylation sites (tertiary alicyclic amines) is 1. The average Bonchev–Trinajstić information content (AvgIpc) is 2.52. The number of hydrogen-bond acceptors (Lipinski definition) is 6. The molecule has 22 heavy (non-hydrogen) atoms. The fraction of sp³-hybridized carbons (Fsp3) is 0.467. The van der Waals surface area contributed by atoms with Gasteiger partial charge in [-0.2, -0.15) is 0 Å². The summed E-state index contributed by atoms with van der Waals surface area (Å²) in [6.45, 7) is -0.447. The number of benzene rings is 1. The minimum Gasteiger partial charge on any atom is -0.395 e. The number of aliphatic hydroxyl groups is 5. The van der Waals surface area contributed by atoms with Gasteiger partial charge in [0.2, 0.25) is 0 Å². The molecule has 2 rings (SSSR count). The number of rotatable bonds is 4. The molecule has 0 radical (unpaired) electrons. The van der Waals surface area contributed by atoms with Gasteiger partial charge in [0.1, 0.15) is 30.4 Å². The zero-order valence-corrected chi connectivity index (χ0v) is 11.8. The van der Waals surface area contributed by atoms with Gasteiger partial charge >= 0.3 is 0 Å². The number of aliphatic hydroxyl groups excluding tert-OH is 5. The molecule has 0 aromatic heterocycles. The maximum absolute atomic E-state index is 13.5. The molecule has 1 aliphatic heterocycles. The van der Waals surface area contributed by atoms with Crippen LogP contribution >= 0.6 is 0 Å². The Bertz CT molecular complexity index is 526. The van der Waals surface area contributed by atoms with Gasteiger partial charge in [-0.3, -0.25) is 4.90 Å². The van der Waals surface area contributed by atoms with Crippen molar-refractivity contribution in [3.05, 3.63) is 41.7 Å². The topological polar surface area (TPSA) is 104 Å². The minimum absolute atomic E-state index is 0.0571. The van der Waals surface area contributed by atoms with Gasteiger partial charge in [-0.1, -0.05) is 30.4 Å². The first kappa shape index (κ1) is 17.0. The molecule has 1 fully saturated rings. The predicted molar refractivity (Wildman–Crippen MR) is 77.0 cm³/mol. The fourth-order valence-corrected chi connectivity index (χ4v) is 2.56. The molecule has 6 nitrogen and oxygen atoms in total. The molecule has 0 aliphatic carbocycles. The number of halogens is 1. The molecule has 0 amide bonds. The van der Waals surface area contributed by atoms with E-state index < -0.39 is 43.0 Å². The lowest BCUT2D eigenvalue weighted by molar-refractivity contribution is -0.219. The molecule has 0 saturated carbocycles. The van der Waals surface area contributed by atoms with Crippen molar-refractivity contribution in [3.8, 4) is 0 Å². The SMILES string of the molecule is OC[C@@H]1[C@@H](O)[C@H](O)[C@@H](O)C(O)N1C/C=C/c1ccccc1F. The van der Waals surface area contributed by atoms with Crippen LogP contribution in [0.1, 0.15) is 5.56 Å². The lowest BCUT2D eigenvalue weighted by Crippen LogP contribution is -2.67. The second kappa shape index (κ2) is 7.28. The van der Waals surface area contributed by atoms with Crippen LogP contribution in [0.25, 0.3) is 6.08 Å². The van der Waals surface area contributed by atoms with Crippen molar-refractivity contribution in [1.82, 2.24) is 4.90 Å². The Balaban J connectivity index is 2.11. The Hall–Kier alpha value is -1.35. The molecular formula is C15H20FNO5. The summed E-state index contributed by atoms with van der Waals surface area (Å²) < 4.78 is 13.5. The van der Waals surface area contributed by atoms with Gasteiger partial charge in [-0.05, 0) is 6.07 Å². The van der Waals surface area contributed by atoms with Crippen LogP contribution in [-0.4, -0.2) is 74.2 Å². The highest BCUT2D eigenvalue weighted by Gasteiger charge is 2.46. The third-order valence-electron chi connectivity index (χ3n) is 3.87. The monoisotopic (exact) mass is 313 g/mol. The first-order valence-corrected chi connectivity index (χ1v) is 6.97. The summed E-state index contributed by atoms with van der Waals surface area (Å²) in [5, 5.41) is 48.4. The van der Waals surface area contributed by atoms with E-state index in [4.69, 9.17) is 0 Å². The fourth-order valence-electron chi connectivity index (χ4n) is 2.56. The maximum Gasteiger partial charge on any atom is 0.136 e. The van der Waals surface area contributed by atoms with Crippen molar-refractivity contribution < 1.29 is 29.9 Å². The van der Waals surface area contributed by atoms with Crippen LogP contribution < -0.4 is 0 Å². The van der Waals surface area contributed by atoms with Crippen LogP contribution in [0.4, 0.5) is 4.39 Å². The molecule has 1 saturated heterocycles. The molecule has 1 heterocycles. The van der Waals surface area contributed by atoms with Crippen LogP contribution in [0, 0.1) is 5.82 Å². The minimum atomic E-state index is -1.56. The third-order valence-corrected chi connectivity index (χ3v) is 3.87. The van der Waals surface area contributed by atoms with E-state index in [1.165, 1.54) is 17.0 Å². The highest BCUT2D eigenvalue weighted by atomic mass is 19.1. The second-order valence-corrected chi connectivity index (χ2v) is 5.26. The van der Waals surface area contributed by atoms with Gasteiger partial charge in [-0.15, -0.1) is 0 Å². The molecule has 1 aromatic rings. The Morgan fingerprint density at radius 2 is 1.73 bits per heavy atom. The molecule has 5 N–H and O–H groups in total. The average molecular weight is 313 g/mol. The summed E-state index contributed by atoms with van der Waals surface area (Å²) in [5.74, 6) is -0.396. The highest BCUT2D eigenvalue weighted by Crippen LogP contribution is 2.23. The van der Waals surface area contributed by atoms with Crippen LogP contribution in [0.15, 0.2) is 30.3 Å². The second-order valence-electron chi connectivity index (χ2n) is 5.26. The summed E-state index contributed by atoms with van der Waals surface area (Å²) in [7, 11) is 0. The van der Waals surface area contributed by atoms with Crippen molar-refractivity contribution >= 4 is 6.08 Å². The summed E-state index contributed by atoms with van der Waals surface area (Å²) in [5.41, 5.74) is 0.357. The van der Waals surface area contributed by atoms with Gasteiger partial charge < -0.3 is 25.5 Å². The van der Waals surface area contributed by atoms with Gasteiger partial charge in [0, 0.05) is 12.1 Å². The first-order chi connectivity index (χ1) is 10.5. The number of hydrogen-bond donors (Lipinski definition) is 5. The van der Waals surface area contributed by atoms with E-state index in [0.29, 0.717) is 5.56 Å². The maximum atomic E-state index is 13.5. The van der Waals surface area contributed by atoms with Crippen LogP contribution in [0.2, 0.25) is 0 Å². The Morgan fingerprint density at radius 1 is 1.05 bits per heavy atom. The van der Waals surface area contributed by atoms with E-state index in [1.807, 2.05) is 0 Å². The van der Waals surface area contributed by atoms with E-state index in [2.05, 4.69) is 0 Å². The first-order valence-electron chi connectivity index (χ1n) is 6.97. The number of piperidine rings is 1. The van der Waals surface area contributed by atoms with Crippen LogP contribution in [0.3, 0.4) is 0 Å². The smallest absolute Gasteiger partial charge is 0.136 e. The molecule has 5 atom stereocenters. The molecule has 7 heteroatoms. The zero-order valence-electron chi connectivity index (χ0n) is 11.8. The van der Waals surface area contributed by atoms with E-state index in [9.17, 15) is 29.9 Å². The molecule has 0 spiro atoms. The highest BCUT2D eigenvalue weighted by molar-refractivity contribution is 5.49. The van der Waals surface area contributed by atoms with Crippen molar-refractivity contribution in [2.75, 3.05) is 13.2 Å². The zero-order chi connectivity index (χ0) is 16.3. The Labute approximate surface area is 127 Å². The van der Waals surface area contributed by atoms with Gasteiger partial charge in [0.15, 0.2) is 0 Å². The summed E-state index contributed by atoms with van der Waals surface area (Å²) in [6.07, 6.45) is -2.90. The van der Waals surface area contributed by atoms with Crippen molar-refractivity contribution in [2.45, 2.75) is 30.6 Å². The van der Waals surface area contributed by atoms with Gasteiger partial charge in [0.05, 0.1) is 12.6 Å². The Kier molecular flexibility index (Phi) is 5.63. The van der Waals surface area contributed by atoms with Gasteiger partial charge in [0.25, 0.3) is 0 Å². The molecule has 1 unspecified atom stereocenters. The summed E-state index contributed by atoms with van der Waals surface area (Å²) in [6, 6.07) is 5.21. The summed E-state index contributed by atoms with van der Waals surface area (Å²) in [4.78, 5) is 1.25. The van der Waals surface area contributed by atoms with E-state index in [0.717, 1.165) is 0 Å². The molecule has 122 valence electrons. The molecular weight excluding hydrogens is 293 g/mol. The summed E-state index contributed by atoms with van der Waals surface area (Å²) >= 11 is 0. The van der Waals surface area contributed by atoms with Crippen molar-refractivity contribution in [1.29, 1.82) is 0 Å². The van der Waals surface area contributed by atoms with E-state index in [-0.39, 0.29) is 6.54 Å². The lowest BCUT2D eigenvalue weighted by atomic mass is 9.93. The standard InChI is InChI=1S/C15H20FNO5/c16-10-6-2-1-4-9(10)5-3-7-17-11(8-18)12(19)13(20)14(21)15(17)22/h1-6,11-15,18-22H,7-8H2/b5-3+/t11-,12-,13+,14-,15?/m1/s1. The van der Waals surface area contributed by atoms with Crippen molar-refractivity contribution in [3.63, 3.8) is 0 Å². The number of nitrogens with zero attached hydrogens (tertiary/aromatic N) is 1. The lowest BCUT2D eigenvalue weighted by Gasteiger charge is -2.46. The normalized spacial score (nSPS) is 33.5. The molecule has 1 aliphatic rings. The van der Waals surface area contributed by atoms with Crippen molar-refractivity contribution in [2.24, 2.45) is 0 Å². The van der Waals surface area contributed by atoms with Crippen LogP contribution in [-0.2, 0) is 0 Å². The van der Waals surface area contributed by atoms with E-state index in [1.54, 1.807) is 24.3 Å².